The van der Waals surface area contributed by atoms with Gasteiger partial charge in [0.05, 0.1) is 6.61 Å². The zero-order valence-electron chi connectivity index (χ0n) is 13.6. The van der Waals surface area contributed by atoms with Gasteiger partial charge in [-0.25, -0.2) is 0 Å². The number of benzene rings is 1. The molecule has 0 bridgehead atoms. The lowest BCUT2D eigenvalue weighted by molar-refractivity contribution is -0.129. The average Bonchev–Trinajstić information content (AvgIpc) is 3.08. The fourth-order valence-corrected chi connectivity index (χ4v) is 4.31. The molecule has 0 aliphatic carbocycles. The van der Waals surface area contributed by atoms with E-state index in [2.05, 4.69) is 22.8 Å². The van der Waals surface area contributed by atoms with Crippen molar-refractivity contribution >= 4 is 21.4 Å². The minimum atomic E-state index is -0.967. The van der Waals surface area contributed by atoms with E-state index in [-0.39, 0.29) is 6.10 Å². The van der Waals surface area contributed by atoms with Crippen LogP contribution in [0.15, 0.2) is 29.6 Å². The molecule has 0 saturated carbocycles. The minimum Gasteiger partial charge on any atom is -0.385 e. The molecule has 2 atom stereocenters. The summed E-state index contributed by atoms with van der Waals surface area (Å²) in [5.41, 5.74) is 0.0297. The molecule has 1 aliphatic heterocycles. The summed E-state index contributed by atoms with van der Waals surface area (Å²) >= 11 is 1.69. The highest BCUT2D eigenvalue weighted by Crippen LogP contribution is 2.39. The molecule has 3 rings (SSSR count). The quantitative estimate of drug-likeness (QED) is 0.764. The summed E-state index contributed by atoms with van der Waals surface area (Å²) in [6, 6.07) is 8.28. The number of morpholine rings is 1. The van der Waals surface area contributed by atoms with Gasteiger partial charge in [-0.3, -0.25) is 0 Å². The molecule has 0 radical (unpaired) electrons. The lowest BCUT2D eigenvalue weighted by Gasteiger charge is -2.39. The van der Waals surface area contributed by atoms with Gasteiger partial charge in [-0.2, -0.15) is 0 Å². The third-order valence-electron chi connectivity index (χ3n) is 4.56. The van der Waals surface area contributed by atoms with Gasteiger partial charge in [0.15, 0.2) is 0 Å². The minimum absolute atomic E-state index is 0.216. The second kappa shape index (κ2) is 7.73. The maximum absolute atomic E-state index is 11.6. The molecular formula is C18H25NO3S. The zero-order chi connectivity index (χ0) is 16.1. The van der Waals surface area contributed by atoms with Crippen molar-refractivity contribution < 1.29 is 14.6 Å². The summed E-state index contributed by atoms with van der Waals surface area (Å²) in [5.74, 6) is 0. The second-order valence-electron chi connectivity index (χ2n) is 6.08. The molecule has 0 unspecified atom stereocenters. The number of methoxy groups -OCH3 is 1. The molecular weight excluding hydrogens is 310 g/mol. The van der Waals surface area contributed by atoms with E-state index in [1.807, 2.05) is 12.1 Å². The van der Waals surface area contributed by atoms with Crippen LogP contribution < -0.4 is 5.32 Å². The first-order chi connectivity index (χ1) is 11.3. The van der Waals surface area contributed by atoms with E-state index in [0.717, 1.165) is 36.3 Å². The maximum atomic E-state index is 11.6. The molecule has 1 saturated heterocycles. The van der Waals surface area contributed by atoms with Crippen LogP contribution in [0.1, 0.15) is 24.8 Å². The Morgan fingerprint density at radius 2 is 2.30 bits per heavy atom. The normalized spacial score (nSPS) is 21.4. The zero-order valence-corrected chi connectivity index (χ0v) is 14.4. The van der Waals surface area contributed by atoms with Crippen LogP contribution in [0.5, 0.6) is 0 Å². The highest BCUT2D eigenvalue weighted by Gasteiger charge is 2.41. The highest BCUT2D eigenvalue weighted by molar-refractivity contribution is 7.17. The predicted octanol–water partition coefficient (Wildman–Crippen LogP) is 2.89. The Hall–Kier alpha value is -0.980. The van der Waals surface area contributed by atoms with Crippen molar-refractivity contribution in [1.82, 2.24) is 5.32 Å². The van der Waals surface area contributed by atoms with Gasteiger partial charge in [0.25, 0.3) is 0 Å². The van der Waals surface area contributed by atoms with E-state index in [4.69, 9.17) is 9.47 Å². The summed E-state index contributed by atoms with van der Waals surface area (Å²) in [6.45, 7) is 2.90. The first-order valence-electron chi connectivity index (χ1n) is 8.26. The van der Waals surface area contributed by atoms with E-state index < -0.39 is 5.60 Å². The molecule has 126 valence electrons. The molecule has 5 heteroatoms. The molecule has 1 aromatic carbocycles. The number of hydrogen-bond donors (Lipinski definition) is 2. The van der Waals surface area contributed by atoms with Gasteiger partial charge in [0, 0.05) is 37.1 Å². The first kappa shape index (κ1) is 16.9. The van der Waals surface area contributed by atoms with Gasteiger partial charge >= 0.3 is 0 Å². The van der Waals surface area contributed by atoms with E-state index in [1.54, 1.807) is 18.4 Å². The number of nitrogens with one attached hydrogen (secondary N) is 1. The molecule has 2 N–H and O–H groups in total. The number of aliphatic hydroxyl groups is 1. The summed E-state index contributed by atoms with van der Waals surface area (Å²) in [4.78, 5) is 0. The van der Waals surface area contributed by atoms with Crippen molar-refractivity contribution in [2.24, 2.45) is 0 Å². The Kier molecular flexibility index (Phi) is 5.67. The predicted molar refractivity (Wildman–Crippen MR) is 94.1 cm³/mol. The second-order valence-corrected chi connectivity index (χ2v) is 7.00. The Balaban J connectivity index is 1.91. The molecule has 0 spiro atoms. The third kappa shape index (κ3) is 3.59. The van der Waals surface area contributed by atoms with Gasteiger partial charge < -0.3 is 19.9 Å². The number of fused-ring (bicyclic) bond motifs is 1. The molecule has 2 heterocycles. The molecule has 1 fully saturated rings. The fourth-order valence-electron chi connectivity index (χ4n) is 3.32. The molecule has 1 aromatic heterocycles. The summed E-state index contributed by atoms with van der Waals surface area (Å²) in [5, 5.41) is 18.2. The van der Waals surface area contributed by atoms with E-state index in [1.165, 1.54) is 5.39 Å². The molecule has 2 aromatic rings. The van der Waals surface area contributed by atoms with Crippen LogP contribution in [0.3, 0.4) is 0 Å². The Morgan fingerprint density at radius 3 is 3.09 bits per heavy atom. The van der Waals surface area contributed by atoms with Crippen LogP contribution in [-0.2, 0) is 15.1 Å². The van der Waals surface area contributed by atoms with Crippen LogP contribution in [0.25, 0.3) is 10.1 Å². The van der Waals surface area contributed by atoms with Crippen molar-refractivity contribution in [1.29, 1.82) is 0 Å². The number of unbranched alkanes of at least 4 members (excludes halogenated alkanes) is 1. The molecule has 0 amide bonds. The van der Waals surface area contributed by atoms with Crippen LogP contribution in [0.2, 0.25) is 0 Å². The largest absolute Gasteiger partial charge is 0.385 e. The molecule has 23 heavy (non-hydrogen) atoms. The maximum Gasteiger partial charge on any atom is 0.118 e. The van der Waals surface area contributed by atoms with Crippen LogP contribution >= 0.6 is 11.3 Å². The van der Waals surface area contributed by atoms with Crippen molar-refractivity contribution in [3.8, 4) is 0 Å². The van der Waals surface area contributed by atoms with Crippen molar-refractivity contribution in [3.63, 3.8) is 0 Å². The van der Waals surface area contributed by atoms with Gasteiger partial charge in [-0.15, -0.1) is 11.3 Å². The Bertz CT molecular complexity index is 624. The smallest absolute Gasteiger partial charge is 0.118 e. The monoisotopic (exact) mass is 335 g/mol. The topological polar surface area (TPSA) is 50.7 Å². The third-order valence-corrected chi connectivity index (χ3v) is 5.53. The van der Waals surface area contributed by atoms with Gasteiger partial charge in [0.2, 0.25) is 0 Å². The van der Waals surface area contributed by atoms with E-state index in [9.17, 15) is 5.11 Å². The van der Waals surface area contributed by atoms with Gasteiger partial charge in [0.1, 0.15) is 11.7 Å². The van der Waals surface area contributed by atoms with E-state index >= 15 is 0 Å². The standard InChI is InChI=1S/C18H25NO3S/c1-21-10-3-2-8-18(20,16-13-19-9-11-22-16)15-6-4-5-14-7-12-23-17(14)15/h4-7,12,16,19-20H,2-3,8-11,13H2,1H3/t16-,18-/m1/s1. The number of hydrogen-bond acceptors (Lipinski definition) is 5. The number of thiophene rings is 1. The van der Waals surface area contributed by atoms with Crippen LogP contribution in [0, 0.1) is 0 Å². The molecule has 4 nitrogen and oxygen atoms in total. The number of rotatable bonds is 7. The lowest BCUT2D eigenvalue weighted by atomic mass is 9.82. The van der Waals surface area contributed by atoms with E-state index in [0.29, 0.717) is 19.6 Å². The van der Waals surface area contributed by atoms with Crippen molar-refractivity contribution in [2.45, 2.75) is 31.0 Å². The first-order valence-corrected chi connectivity index (χ1v) is 9.14. The Labute approximate surface area is 141 Å². The average molecular weight is 335 g/mol. The van der Waals surface area contributed by atoms with Crippen molar-refractivity contribution in [3.05, 3.63) is 35.2 Å². The number of ether oxygens (including phenoxy) is 2. The Morgan fingerprint density at radius 1 is 1.39 bits per heavy atom. The highest BCUT2D eigenvalue weighted by atomic mass is 32.1. The summed E-state index contributed by atoms with van der Waals surface area (Å²) < 4.78 is 12.2. The lowest BCUT2D eigenvalue weighted by Crippen LogP contribution is -2.51. The molecule has 1 aliphatic rings. The van der Waals surface area contributed by atoms with Crippen LogP contribution in [-0.4, -0.2) is 44.6 Å². The van der Waals surface area contributed by atoms with Crippen molar-refractivity contribution in [2.75, 3.05) is 33.4 Å². The van der Waals surface area contributed by atoms with Gasteiger partial charge in [-0.1, -0.05) is 18.2 Å². The summed E-state index contributed by atoms with van der Waals surface area (Å²) in [6.07, 6.45) is 2.32. The van der Waals surface area contributed by atoms with Gasteiger partial charge in [-0.05, 0) is 36.1 Å². The van der Waals surface area contributed by atoms with Crippen LogP contribution in [0.4, 0.5) is 0 Å². The summed E-state index contributed by atoms with van der Waals surface area (Å²) in [7, 11) is 1.72. The fraction of sp³-hybridized carbons (Fsp3) is 0.556. The SMILES string of the molecule is COCCCC[C@@](O)(c1cccc2ccsc12)[C@H]1CNCCO1.